The van der Waals surface area contributed by atoms with E-state index in [2.05, 4.69) is 6.92 Å². The van der Waals surface area contributed by atoms with Crippen LogP contribution in [0.4, 0.5) is 13.2 Å². The molecule has 8 unspecified atom stereocenters. The molecule has 4 rings (SSSR count). The van der Waals surface area contributed by atoms with E-state index < -0.39 is 12.1 Å². The second-order valence-corrected chi connectivity index (χ2v) is 11.1. The van der Waals surface area contributed by atoms with E-state index >= 15 is 0 Å². The molecule has 188 valence electrons. The molecule has 2 nitrogen and oxygen atoms in total. The molecule has 4 saturated carbocycles. The van der Waals surface area contributed by atoms with E-state index in [1.807, 2.05) is 13.8 Å². The molecular weight excluding hydrogens is 413 g/mol. The van der Waals surface area contributed by atoms with E-state index in [-0.39, 0.29) is 0 Å². The number of hydrogen-bond acceptors (Lipinski definition) is 2. The fourth-order valence-corrected chi connectivity index (χ4v) is 8.41. The summed E-state index contributed by atoms with van der Waals surface area (Å²) in [6.45, 7) is 8.72. The molecule has 0 aromatic carbocycles. The number of fused-ring (bicyclic) bond motifs is 5. The lowest BCUT2D eigenvalue weighted by Gasteiger charge is -2.56. The molecule has 4 fully saturated rings. The quantitative estimate of drug-likeness (QED) is 0.359. The molecule has 0 spiro atoms. The Bertz CT molecular complexity index is 566. The van der Waals surface area contributed by atoms with Gasteiger partial charge in [-0.05, 0) is 112 Å². The van der Waals surface area contributed by atoms with Crippen molar-refractivity contribution < 1.29 is 22.6 Å². The number of halogens is 3. The number of rotatable bonds is 7. The van der Waals surface area contributed by atoms with Gasteiger partial charge in [-0.1, -0.05) is 20.8 Å². The van der Waals surface area contributed by atoms with Crippen LogP contribution in [0.5, 0.6) is 0 Å². The highest BCUT2D eigenvalue weighted by Gasteiger charge is 2.57. The Morgan fingerprint density at radius 3 is 2.31 bits per heavy atom. The van der Waals surface area contributed by atoms with Gasteiger partial charge in [-0.25, -0.2) is 0 Å². The van der Waals surface area contributed by atoms with Gasteiger partial charge >= 0.3 is 6.18 Å². The fourth-order valence-electron chi connectivity index (χ4n) is 8.41. The van der Waals surface area contributed by atoms with E-state index in [9.17, 15) is 13.2 Å². The van der Waals surface area contributed by atoms with E-state index in [1.54, 1.807) is 7.11 Å². The van der Waals surface area contributed by atoms with Crippen LogP contribution in [0.3, 0.4) is 0 Å². The highest BCUT2D eigenvalue weighted by atomic mass is 19.4. The Hall–Kier alpha value is -0.290. The van der Waals surface area contributed by atoms with Gasteiger partial charge in [0, 0.05) is 13.7 Å². The molecule has 0 heterocycles. The molecule has 8 atom stereocenters. The van der Waals surface area contributed by atoms with Crippen LogP contribution < -0.4 is 0 Å². The summed E-state index contributed by atoms with van der Waals surface area (Å²) in [5.74, 6) is 2.94. The average Bonchev–Trinajstić information content (AvgIpc) is 3.12. The van der Waals surface area contributed by atoms with Crippen LogP contribution in [0.15, 0.2) is 0 Å². The lowest BCUT2D eigenvalue weighted by molar-refractivity contribution is -0.196. The topological polar surface area (TPSA) is 18.5 Å². The first kappa shape index (κ1) is 26.3. The van der Waals surface area contributed by atoms with Crippen molar-refractivity contribution >= 4 is 0 Å². The molecule has 0 aromatic rings. The minimum absolute atomic E-state index is 0.331. The van der Waals surface area contributed by atoms with Gasteiger partial charge < -0.3 is 9.47 Å². The smallest absolute Gasteiger partial charge is 0.382 e. The van der Waals surface area contributed by atoms with E-state index in [1.165, 1.54) is 38.5 Å². The first-order chi connectivity index (χ1) is 15.3. The van der Waals surface area contributed by atoms with E-state index in [4.69, 9.17) is 9.47 Å². The largest absolute Gasteiger partial charge is 0.391 e. The minimum atomic E-state index is -3.99. The molecule has 4 aliphatic carbocycles. The third-order valence-electron chi connectivity index (χ3n) is 9.89. The zero-order chi connectivity index (χ0) is 23.4. The van der Waals surface area contributed by atoms with Crippen molar-refractivity contribution in [2.75, 3.05) is 26.9 Å². The van der Waals surface area contributed by atoms with Crippen LogP contribution in [0, 0.1) is 46.8 Å². The van der Waals surface area contributed by atoms with Crippen molar-refractivity contribution in [3.05, 3.63) is 0 Å². The van der Waals surface area contributed by atoms with Crippen molar-refractivity contribution in [2.45, 2.75) is 97.6 Å². The van der Waals surface area contributed by atoms with Gasteiger partial charge in [0.2, 0.25) is 0 Å². The summed E-state index contributed by atoms with van der Waals surface area (Å²) in [6.07, 6.45) is 7.48. The van der Waals surface area contributed by atoms with Gasteiger partial charge in [0.15, 0.2) is 0 Å². The fraction of sp³-hybridized carbons (Fsp3) is 1.00. The number of ether oxygens (including phenoxy) is 2. The SMILES string of the molecule is CC.COCCOCCCC1CCC2C3CCC4CC(C(F)(F)F)CCC4C3CCC12C. The first-order valence-electron chi connectivity index (χ1n) is 13.5. The van der Waals surface area contributed by atoms with Crippen molar-refractivity contribution in [2.24, 2.45) is 46.8 Å². The summed E-state index contributed by atoms with van der Waals surface area (Å²) in [7, 11) is 1.70. The summed E-state index contributed by atoms with van der Waals surface area (Å²) < 4.78 is 50.5. The van der Waals surface area contributed by atoms with Gasteiger partial charge in [0.25, 0.3) is 0 Å². The van der Waals surface area contributed by atoms with Crippen LogP contribution >= 0.6 is 0 Å². The highest BCUT2D eigenvalue weighted by molar-refractivity contribution is 5.06. The molecule has 32 heavy (non-hydrogen) atoms. The number of alkyl halides is 3. The Balaban J connectivity index is 0.00000141. The molecule has 0 N–H and O–H groups in total. The van der Waals surface area contributed by atoms with E-state index in [0.29, 0.717) is 49.2 Å². The standard InChI is InChI=1S/C25H41F3O2.C2H6/c1-24-12-11-21-20-9-6-19(25(26,27)28)16-17(20)5-8-22(21)23(24)10-7-18(24)4-3-13-30-15-14-29-2;1-2/h17-23H,3-16H2,1-2H3;1-2H3. The lowest BCUT2D eigenvalue weighted by Crippen LogP contribution is -2.49. The maximum atomic E-state index is 13.3. The van der Waals surface area contributed by atoms with Crippen molar-refractivity contribution in [1.82, 2.24) is 0 Å². The first-order valence-corrected chi connectivity index (χ1v) is 13.5. The molecular formula is C27H47F3O2. The Morgan fingerprint density at radius 2 is 1.59 bits per heavy atom. The van der Waals surface area contributed by atoms with Crippen molar-refractivity contribution in [3.8, 4) is 0 Å². The summed E-state index contributed by atoms with van der Waals surface area (Å²) in [5.41, 5.74) is 0.448. The summed E-state index contributed by atoms with van der Waals surface area (Å²) in [4.78, 5) is 0. The Labute approximate surface area is 194 Å². The Morgan fingerprint density at radius 1 is 0.844 bits per heavy atom. The highest BCUT2D eigenvalue weighted by Crippen LogP contribution is 2.65. The monoisotopic (exact) mass is 460 g/mol. The zero-order valence-corrected chi connectivity index (χ0v) is 20.9. The molecule has 0 aliphatic heterocycles. The summed E-state index contributed by atoms with van der Waals surface area (Å²) >= 11 is 0. The second kappa shape index (κ2) is 11.4. The van der Waals surface area contributed by atoms with Gasteiger partial charge in [0.1, 0.15) is 0 Å². The lowest BCUT2D eigenvalue weighted by atomic mass is 9.49. The van der Waals surface area contributed by atoms with Gasteiger partial charge in [-0.2, -0.15) is 13.2 Å². The van der Waals surface area contributed by atoms with E-state index in [0.717, 1.165) is 43.6 Å². The minimum Gasteiger partial charge on any atom is -0.382 e. The van der Waals surface area contributed by atoms with Crippen LogP contribution in [-0.2, 0) is 9.47 Å². The predicted octanol–water partition coefficient (Wildman–Crippen LogP) is 7.90. The second-order valence-electron chi connectivity index (χ2n) is 11.1. The molecule has 0 amide bonds. The molecule has 0 radical (unpaired) electrons. The summed E-state index contributed by atoms with van der Waals surface area (Å²) in [6, 6.07) is 0. The zero-order valence-electron chi connectivity index (χ0n) is 20.9. The van der Waals surface area contributed by atoms with Crippen LogP contribution in [0.25, 0.3) is 0 Å². The predicted molar refractivity (Wildman–Crippen MR) is 123 cm³/mol. The average molecular weight is 461 g/mol. The van der Waals surface area contributed by atoms with Crippen molar-refractivity contribution in [1.29, 1.82) is 0 Å². The number of hydrogen-bond donors (Lipinski definition) is 0. The third-order valence-corrected chi connectivity index (χ3v) is 9.89. The molecule has 0 bridgehead atoms. The summed E-state index contributed by atoms with van der Waals surface area (Å²) in [5, 5.41) is 0. The van der Waals surface area contributed by atoms with Gasteiger partial charge in [-0.15, -0.1) is 0 Å². The van der Waals surface area contributed by atoms with Crippen LogP contribution in [-0.4, -0.2) is 33.1 Å². The number of methoxy groups -OCH3 is 1. The third kappa shape index (κ3) is 5.50. The Kier molecular flexibility index (Phi) is 9.40. The molecule has 5 heteroatoms. The normalized spacial score (nSPS) is 41.2. The van der Waals surface area contributed by atoms with Crippen LogP contribution in [0.1, 0.15) is 91.4 Å². The van der Waals surface area contributed by atoms with Crippen LogP contribution in [0.2, 0.25) is 0 Å². The maximum Gasteiger partial charge on any atom is 0.391 e. The van der Waals surface area contributed by atoms with Crippen molar-refractivity contribution in [3.63, 3.8) is 0 Å². The molecule has 0 saturated heterocycles. The van der Waals surface area contributed by atoms with Gasteiger partial charge in [-0.3, -0.25) is 0 Å². The van der Waals surface area contributed by atoms with Gasteiger partial charge in [0.05, 0.1) is 19.1 Å². The maximum absolute atomic E-state index is 13.3. The molecule has 4 aliphatic rings. The molecule has 0 aromatic heterocycles.